The molecule has 2 N–H and O–H groups in total. The second kappa shape index (κ2) is 6.85. The van der Waals surface area contributed by atoms with Crippen LogP contribution in [0.4, 0.5) is 5.69 Å². The van der Waals surface area contributed by atoms with Gasteiger partial charge in [-0.15, -0.1) is 0 Å². The Morgan fingerprint density at radius 1 is 1.32 bits per heavy atom. The van der Waals surface area contributed by atoms with E-state index in [1.807, 2.05) is 31.1 Å². The van der Waals surface area contributed by atoms with Crippen LogP contribution in [0.3, 0.4) is 0 Å². The zero-order chi connectivity index (χ0) is 16.3. The van der Waals surface area contributed by atoms with Crippen LogP contribution in [-0.2, 0) is 6.54 Å². The van der Waals surface area contributed by atoms with E-state index >= 15 is 0 Å². The zero-order valence-electron chi connectivity index (χ0n) is 12.1. The van der Waals surface area contributed by atoms with Gasteiger partial charge in [0.2, 0.25) is 0 Å². The number of phenols is 1. The minimum absolute atomic E-state index is 0.0319. The van der Waals surface area contributed by atoms with Crippen molar-refractivity contribution >= 4 is 34.8 Å². The van der Waals surface area contributed by atoms with Gasteiger partial charge in [0.1, 0.15) is 0 Å². The normalized spacial score (nSPS) is 10.4. The summed E-state index contributed by atoms with van der Waals surface area (Å²) in [5, 5.41) is 12.3. The van der Waals surface area contributed by atoms with E-state index in [9.17, 15) is 9.90 Å². The number of pyridine rings is 1. The van der Waals surface area contributed by atoms with E-state index in [0.29, 0.717) is 0 Å². The van der Waals surface area contributed by atoms with E-state index in [1.165, 1.54) is 12.1 Å². The smallest absolute Gasteiger partial charge is 0.251 e. The van der Waals surface area contributed by atoms with E-state index in [-0.39, 0.29) is 33.8 Å². The van der Waals surface area contributed by atoms with Gasteiger partial charge in [0.05, 0.1) is 28.0 Å². The zero-order valence-corrected chi connectivity index (χ0v) is 13.6. The van der Waals surface area contributed by atoms with Crippen LogP contribution in [0.2, 0.25) is 10.0 Å². The van der Waals surface area contributed by atoms with Crippen molar-refractivity contribution in [3.63, 3.8) is 0 Å². The fraction of sp³-hybridized carbons (Fsp3) is 0.200. The molecule has 1 aromatic heterocycles. The molecule has 0 aliphatic carbocycles. The van der Waals surface area contributed by atoms with Crippen molar-refractivity contribution in [1.29, 1.82) is 0 Å². The molecule has 0 saturated heterocycles. The molecule has 0 saturated carbocycles. The number of benzene rings is 1. The number of phenolic OH excluding ortho intramolecular Hbond substituents is 1. The maximum Gasteiger partial charge on any atom is 0.251 e. The van der Waals surface area contributed by atoms with Gasteiger partial charge in [-0.3, -0.25) is 9.78 Å². The number of carbonyl (C=O) groups excluding carboxylic acids is 1. The first-order valence-electron chi connectivity index (χ1n) is 6.47. The monoisotopic (exact) mass is 339 g/mol. The Bertz CT molecular complexity index is 682. The number of nitrogens with one attached hydrogen (secondary N) is 1. The van der Waals surface area contributed by atoms with Crippen LogP contribution in [-0.4, -0.2) is 30.1 Å². The van der Waals surface area contributed by atoms with Crippen molar-refractivity contribution in [2.45, 2.75) is 6.54 Å². The average Bonchev–Trinajstić information content (AvgIpc) is 2.49. The number of hydrogen-bond donors (Lipinski definition) is 2. The van der Waals surface area contributed by atoms with Crippen LogP contribution in [0, 0.1) is 0 Å². The highest BCUT2D eigenvalue weighted by atomic mass is 35.5. The molecule has 2 aromatic rings. The molecular formula is C15H15Cl2N3O2. The minimum atomic E-state index is -0.348. The molecule has 0 spiro atoms. The lowest BCUT2D eigenvalue weighted by atomic mass is 10.2. The number of anilines is 1. The summed E-state index contributed by atoms with van der Waals surface area (Å²) in [4.78, 5) is 18.3. The van der Waals surface area contributed by atoms with Gasteiger partial charge in [-0.2, -0.15) is 0 Å². The average molecular weight is 340 g/mol. The van der Waals surface area contributed by atoms with E-state index < -0.39 is 0 Å². The highest BCUT2D eigenvalue weighted by molar-refractivity contribution is 6.37. The van der Waals surface area contributed by atoms with E-state index in [1.54, 1.807) is 6.20 Å². The molecule has 0 fully saturated rings. The Morgan fingerprint density at radius 2 is 1.95 bits per heavy atom. The second-order valence-corrected chi connectivity index (χ2v) is 5.65. The summed E-state index contributed by atoms with van der Waals surface area (Å²) in [5.41, 5.74) is 1.94. The van der Waals surface area contributed by atoms with Crippen LogP contribution in [0.15, 0.2) is 30.5 Å². The third-order valence-corrected chi connectivity index (χ3v) is 3.62. The lowest BCUT2D eigenvalue weighted by Crippen LogP contribution is -2.25. The predicted octanol–water partition coefficient (Wildman–Crippen LogP) is 3.09. The summed E-state index contributed by atoms with van der Waals surface area (Å²) in [5.74, 6) is -0.585. The molecule has 0 unspecified atom stereocenters. The minimum Gasteiger partial charge on any atom is -0.505 e. The third kappa shape index (κ3) is 3.61. The number of amides is 1. The molecule has 0 aliphatic heterocycles. The molecule has 0 aliphatic rings. The molecule has 22 heavy (non-hydrogen) atoms. The van der Waals surface area contributed by atoms with E-state index in [2.05, 4.69) is 10.3 Å². The summed E-state index contributed by atoms with van der Waals surface area (Å²) in [6, 6.07) is 6.48. The van der Waals surface area contributed by atoms with Gasteiger partial charge in [-0.1, -0.05) is 23.2 Å². The van der Waals surface area contributed by atoms with Crippen molar-refractivity contribution in [2.24, 2.45) is 0 Å². The second-order valence-electron chi connectivity index (χ2n) is 4.83. The summed E-state index contributed by atoms with van der Waals surface area (Å²) in [6.45, 7) is 0.267. The number of nitrogens with zero attached hydrogens (tertiary/aromatic N) is 2. The summed E-state index contributed by atoms with van der Waals surface area (Å²) in [6.07, 6.45) is 1.67. The fourth-order valence-electron chi connectivity index (χ4n) is 1.94. The number of aromatic nitrogens is 1. The highest BCUT2D eigenvalue weighted by Gasteiger charge is 2.13. The van der Waals surface area contributed by atoms with Gasteiger partial charge in [0.25, 0.3) is 5.91 Å². The van der Waals surface area contributed by atoms with E-state index in [0.717, 1.165) is 11.4 Å². The molecular weight excluding hydrogens is 325 g/mol. The summed E-state index contributed by atoms with van der Waals surface area (Å²) >= 11 is 11.6. The number of halogens is 2. The predicted molar refractivity (Wildman–Crippen MR) is 87.9 cm³/mol. The first kappa shape index (κ1) is 16.4. The van der Waals surface area contributed by atoms with Crippen molar-refractivity contribution < 1.29 is 9.90 Å². The van der Waals surface area contributed by atoms with Crippen molar-refractivity contribution in [1.82, 2.24) is 10.3 Å². The molecule has 2 rings (SSSR count). The number of carbonyl (C=O) groups is 1. The van der Waals surface area contributed by atoms with Crippen LogP contribution in [0.1, 0.15) is 16.1 Å². The standard InChI is InChI=1S/C15H15Cl2N3O2/c1-20(2)13-4-3-5-18-12(13)8-19-15(22)9-6-10(16)14(21)11(17)7-9/h3-7,21H,8H2,1-2H3,(H,19,22). The first-order valence-corrected chi connectivity index (χ1v) is 7.23. The van der Waals surface area contributed by atoms with Gasteiger partial charge in [0, 0.05) is 25.9 Å². The molecule has 1 amide bonds. The number of rotatable bonds is 4. The van der Waals surface area contributed by atoms with Gasteiger partial charge in [0.15, 0.2) is 5.75 Å². The topological polar surface area (TPSA) is 65.5 Å². The SMILES string of the molecule is CN(C)c1cccnc1CNC(=O)c1cc(Cl)c(O)c(Cl)c1. The Morgan fingerprint density at radius 3 is 2.55 bits per heavy atom. The molecule has 0 bridgehead atoms. The Kier molecular flexibility index (Phi) is 5.11. The summed E-state index contributed by atoms with van der Waals surface area (Å²) < 4.78 is 0. The Hall–Kier alpha value is -1.98. The maximum absolute atomic E-state index is 12.2. The van der Waals surface area contributed by atoms with Gasteiger partial charge >= 0.3 is 0 Å². The molecule has 116 valence electrons. The fourth-order valence-corrected chi connectivity index (χ4v) is 2.42. The van der Waals surface area contributed by atoms with Crippen LogP contribution in [0.25, 0.3) is 0 Å². The molecule has 5 nitrogen and oxygen atoms in total. The third-order valence-electron chi connectivity index (χ3n) is 3.04. The van der Waals surface area contributed by atoms with Crippen LogP contribution < -0.4 is 10.2 Å². The largest absolute Gasteiger partial charge is 0.505 e. The molecule has 0 radical (unpaired) electrons. The van der Waals surface area contributed by atoms with Crippen molar-refractivity contribution in [3.8, 4) is 5.75 Å². The van der Waals surface area contributed by atoms with Gasteiger partial charge in [-0.25, -0.2) is 0 Å². The summed E-state index contributed by atoms with van der Waals surface area (Å²) in [7, 11) is 3.81. The Balaban J connectivity index is 2.14. The van der Waals surface area contributed by atoms with Gasteiger partial charge < -0.3 is 15.3 Å². The lowest BCUT2D eigenvalue weighted by molar-refractivity contribution is 0.0950. The van der Waals surface area contributed by atoms with Crippen molar-refractivity contribution in [2.75, 3.05) is 19.0 Å². The van der Waals surface area contributed by atoms with E-state index in [4.69, 9.17) is 23.2 Å². The number of aromatic hydroxyl groups is 1. The first-order chi connectivity index (χ1) is 10.4. The Labute approximate surface area is 138 Å². The highest BCUT2D eigenvalue weighted by Crippen LogP contribution is 2.32. The van der Waals surface area contributed by atoms with Gasteiger partial charge in [-0.05, 0) is 24.3 Å². The van der Waals surface area contributed by atoms with Crippen molar-refractivity contribution in [3.05, 3.63) is 51.8 Å². The quantitative estimate of drug-likeness (QED) is 0.898. The molecule has 7 heteroatoms. The van der Waals surface area contributed by atoms with Crippen LogP contribution in [0.5, 0.6) is 5.75 Å². The lowest BCUT2D eigenvalue weighted by Gasteiger charge is -2.16. The maximum atomic E-state index is 12.2. The number of hydrogen-bond acceptors (Lipinski definition) is 4. The van der Waals surface area contributed by atoms with Crippen LogP contribution >= 0.6 is 23.2 Å². The molecule has 1 heterocycles. The molecule has 1 aromatic carbocycles. The molecule has 0 atom stereocenters.